The third-order valence-corrected chi connectivity index (χ3v) is 5.56. The van der Waals surface area contributed by atoms with Gasteiger partial charge in [-0.3, -0.25) is 14.4 Å². The molecule has 0 aliphatic carbocycles. The van der Waals surface area contributed by atoms with Crippen molar-refractivity contribution in [2.75, 3.05) is 13.1 Å². The van der Waals surface area contributed by atoms with E-state index in [4.69, 9.17) is 4.84 Å². The van der Waals surface area contributed by atoms with Gasteiger partial charge in [0.15, 0.2) is 0 Å². The number of piperidine rings is 1. The van der Waals surface area contributed by atoms with Gasteiger partial charge in [0.05, 0.1) is 13.0 Å². The van der Waals surface area contributed by atoms with Crippen LogP contribution in [0.15, 0.2) is 54.6 Å². The number of hydrogen-bond acceptors (Lipinski definition) is 3. The number of carbonyl (C=O) groups excluding carboxylic acids is 2. The monoisotopic (exact) mass is 364 g/mol. The van der Waals surface area contributed by atoms with Gasteiger partial charge in [0.25, 0.3) is 5.91 Å². The van der Waals surface area contributed by atoms with E-state index in [1.807, 2.05) is 66.4 Å². The summed E-state index contributed by atoms with van der Waals surface area (Å²) >= 11 is 0. The largest absolute Gasteiger partial charge is 0.338 e. The Kier molecular flexibility index (Phi) is 4.70. The van der Waals surface area contributed by atoms with Crippen LogP contribution in [0.3, 0.4) is 0 Å². The van der Waals surface area contributed by atoms with E-state index in [0.717, 1.165) is 16.7 Å². The molecule has 27 heavy (non-hydrogen) atoms. The van der Waals surface area contributed by atoms with E-state index in [9.17, 15) is 9.59 Å². The minimum Gasteiger partial charge on any atom is -0.338 e. The van der Waals surface area contributed by atoms with Crippen LogP contribution in [-0.4, -0.2) is 40.5 Å². The van der Waals surface area contributed by atoms with E-state index in [2.05, 4.69) is 0 Å². The molecule has 0 radical (unpaired) electrons. The third-order valence-electron chi connectivity index (χ3n) is 5.56. The Hall–Kier alpha value is -2.66. The van der Waals surface area contributed by atoms with Gasteiger partial charge in [0.1, 0.15) is 5.60 Å². The van der Waals surface area contributed by atoms with Gasteiger partial charge in [-0.05, 0) is 37.0 Å². The fourth-order valence-electron chi connectivity index (χ4n) is 3.92. The van der Waals surface area contributed by atoms with Gasteiger partial charge in [0, 0.05) is 18.7 Å². The van der Waals surface area contributed by atoms with Gasteiger partial charge in [-0.15, -0.1) is 0 Å². The maximum atomic E-state index is 12.8. The smallest absolute Gasteiger partial charge is 0.254 e. The summed E-state index contributed by atoms with van der Waals surface area (Å²) in [5.41, 5.74) is 2.33. The summed E-state index contributed by atoms with van der Waals surface area (Å²) in [5, 5.41) is 1.49. The van der Waals surface area contributed by atoms with Gasteiger partial charge < -0.3 is 4.90 Å². The molecular weight excluding hydrogens is 340 g/mol. The highest BCUT2D eigenvalue weighted by atomic mass is 16.7. The number of carbonyl (C=O) groups is 2. The maximum absolute atomic E-state index is 12.8. The second kappa shape index (κ2) is 7.16. The Balaban J connectivity index is 1.39. The summed E-state index contributed by atoms with van der Waals surface area (Å²) in [6.07, 6.45) is 1.76. The van der Waals surface area contributed by atoms with Crippen LogP contribution in [0, 0.1) is 6.92 Å². The highest BCUT2D eigenvalue weighted by molar-refractivity contribution is 5.95. The lowest BCUT2D eigenvalue weighted by atomic mass is 9.88. The Labute approximate surface area is 159 Å². The van der Waals surface area contributed by atoms with Crippen molar-refractivity contribution in [2.24, 2.45) is 0 Å². The van der Waals surface area contributed by atoms with Gasteiger partial charge in [0.2, 0.25) is 5.91 Å². The molecule has 2 aliphatic rings. The van der Waals surface area contributed by atoms with Crippen LogP contribution in [0.25, 0.3) is 0 Å². The number of likely N-dealkylation sites (tertiary alicyclic amines) is 1. The number of hydrogen-bond donors (Lipinski definition) is 0. The Morgan fingerprint density at radius 3 is 2.41 bits per heavy atom. The zero-order valence-electron chi connectivity index (χ0n) is 15.6. The Bertz CT molecular complexity index is 842. The van der Waals surface area contributed by atoms with Gasteiger partial charge >= 0.3 is 0 Å². The predicted molar refractivity (Wildman–Crippen MR) is 102 cm³/mol. The summed E-state index contributed by atoms with van der Waals surface area (Å²) in [4.78, 5) is 33.2. The van der Waals surface area contributed by atoms with Crippen LogP contribution in [0.1, 0.15) is 40.7 Å². The van der Waals surface area contributed by atoms with Gasteiger partial charge in [-0.2, -0.15) is 0 Å². The van der Waals surface area contributed by atoms with Crippen molar-refractivity contribution in [3.63, 3.8) is 0 Å². The standard InChI is InChI=1S/C22H24N2O3/c1-17-7-5-6-10-19(17)21(26)23-13-11-22(12-14-23)15-20(25)24(27-22)16-18-8-3-2-4-9-18/h2-10H,11-16H2,1H3. The van der Waals surface area contributed by atoms with Crippen LogP contribution < -0.4 is 0 Å². The molecule has 2 saturated heterocycles. The number of aryl methyl sites for hydroxylation is 1. The van der Waals surface area contributed by atoms with Crippen molar-refractivity contribution in [1.29, 1.82) is 0 Å². The minimum atomic E-state index is -0.464. The molecule has 2 fully saturated rings. The van der Waals surface area contributed by atoms with Crippen LogP contribution in [-0.2, 0) is 16.2 Å². The molecule has 2 aromatic carbocycles. The highest BCUT2D eigenvalue weighted by Gasteiger charge is 2.47. The molecule has 5 heteroatoms. The van der Waals surface area contributed by atoms with E-state index in [1.165, 1.54) is 5.06 Å². The lowest BCUT2D eigenvalue weighted by Crippen LogP contribution is -2.47. The normalized spacial score (nSPS) is 18.9. The van der Waals surface area contributed by atoms with Crippen molar-refractivity contribution >= 4 is 11.8 Å². The van der Waals surface area contributed by atoms with Gasteiger partial charge in [-0.1, -0.05) is 48.5 Å². The van der Waals surface area contributed by atoms with Crippen molar-refractivity contribution in [3.05, 3.63) is 71.3 Å². The zero-order chi connectivity index (χ0) is 18.9. The average Bonchev–Trinajstić information content (AvgIpc) is 2.98. The van der Waals surface area contributed by atoms with E-state index < -0.39 is 5.60 Å². The number of benzene rings is 2. The molecular formula is C22H24N2O3. The van der Waals surface area contributed by atoms with Crippen molar-refractivity contribution in [3.8, 4) is 0 Å². The molecule has 2 aromatic rings. The van der Waals surface area contributed by atoms with E-state index in [0.29, 0.717) is 38.9 Å². The topological polar surface area (TPSA) is 49.9 Å². The lowest BCUT2D eigenvalue weighted by molar-refractivity contribution is -0.213. The van der Waals surface area contributed by atoms with E-state index in [-0.39, 0.29) is 11.8 Å². The summed E-state index contributed by atoms with van der Waals surface area (Å²) in [5.74, 6) is 0.0888. The summed E-state index contributed by atoms with van der Waals surface area (Å²) < 4.78 is 0. The van der Waals surface area contributed by atoms with Crippen LogP contribution in [0.4, 0.5) is 0 Å². The Morgan fingerprint density at radius 1 is 1.04 bits per heavy atom. The molecule has 4 rings (SSSR count). The molecule has 0 N–H and O–H groups in total. The van der Waals surface area contributed by atoms with Crippen molar-refractivity contribution in [1.82, 2.24) is 9.96 Å². The molecule has 0 atom stereocenters. The fourth-order valence-corrected chi connectivity index (χ4v) is 3.92. The van der Waals surface area contributed by atoms with Crippen LogP contribution in [0.2, 0.25) is 0 Å². The second-order valence-corrected chi connectivity index (χ2v) is 7.47. The van der Waals surface area contributed by atoms with E-state index >= 15 is 0 Å². The first-order valence-corrected chi connectivity index (χ1v) is 9.45. The third kappa shape index (κ3) is 3.60. The van der Waals surface area contributed by atoms with E-state index in [1.54, 1.807) is 0 Å². The molecule has 1 spiro atoms. The number of hydroxylamine groups is 2. The first kappa shape index (κ1) is 17.7. The molecule has 2 aliphatic heterocycles. The molecule has 2 heterocycles. The van der Waals surface area contributed by atoms with Crippen molar-refractivity contribution in [2.45, 2.75) is 38.3 Å². The summed E-state index contributed by atoms with van der Waals surface area (Å²) in [7, 11) is 0. The minimum absolute atomic E-state index is 0.0255. The first-order valence-electron chi connectivity index (χ1n) is 9.45. The molecule has 2 amide bonds. The number of amides is 2. The molecule has 0 aromatic heterocycles. The van der Waals surface area contributed by atoms with Gasteiger partial charge in [-0.25, -0.2) is 5.06 Å². The summed E-state index contributed by atoms with van der Waals surface area (Å²) in [6.45, 7) is 3.64. The average molecular weight is 364 g/mol. The SMILES string of the molecule is Cc1ccccc1C(=O)N1CCC2(CC1)CC(=O)N(Cc1ccccc1)O2. The quantitative estimate of drug-likeness (QED) is 0.839. The van der Waals surface area contributed by atoms with Crippen molar-refractivity contribution < 1.29 is 14.4 Å². The fraction of sp³-hybridized carbons (Fsp3) is 0.364. The van der Waals surface area contributed by atoms with Crippen LogP contribution in [0.5, 0.6) is 0 Å². The molecule has 140 valence electrons. The Morgan fingerprint density at radius 2 is 1.70 bits per heavy atom. The molecule has 0 bridgehead atoms. The predicted octanol–water partition coefficient (Wildman–Crippen LogP) is 3.33. The molecule has 5 nitrogen and oxygen atoms in total. The lowest BCUT2D eigenvalue weighted by Gasteiger charge is -2.38. The summed E-state index contributed by atoms with van der Waals surface area (Å²) in [6, 6.07) is 17.5. The maximum Gasteiger partial charge on any atom is 0.254 e. The number of rotatable bonds is 3. The molecule has 0 unspecified atom stereocenters. The number of nitrogens with zero attached hydrogens (tertiary/aromatic N) is 2. The van der Waals surface area contributed by atoms with Crippen LogP contribution >= 0.6 is 0 Å². The molecule has 0 saturated carbocycles. The highest BCUT2D eigenvalue weighted by Crippen LogP contribution is 2.37. The zero-order valence-corrected chi connectivity index (χ0v) is 15.6. The second-order valence-electron chi connectivity index (χ2n) is 7.47. The first-order chi connectivity index (χ1) is 13.1.